The Bertz CT molecular complexity index is 265. The molecule has 1 aromatic rings. The van der Waals surface area contributed by atoms with Gasteiger partial charge in [0.2, 0.25) is 0 Å². The zero-order chi connectivity index (χ0) is 8.97. The summed E-state index contributed by atoms with van der Waals surface area (Å²) in [5, 5.41) is 0. The highest BCUT2D eigenvalue weighted by molar-refractivity contribution is 7.98. The molecule has 0 saturated heterocycles. The van der Waals surface area contributed by atoms with Crippen molar-refractivity contribution in [2.75, 3.05) is 12.0 Å². The molecule has 0 bridgehead atoms. The van der Waals surface area contributed by atoms with Gasteiger partial charge in [0.25, 0.3) is 0 Å². The van der Waals surface area contributed by atoms with E-state index in [1.807, 2.05) is 19.2 Å². The highest BCUT2D eigenvalue weighted by Gasteiger charge is 2.11. The van der Waals surface area contributed by atoms with Gasteiger partial charge >= 0.3 is 0 Å². The van der Waals surface area contributed by atoms with Crippen LogP contribution in [0.1, 0.15) is 22.5 Å². The van der Waals surface area contributed by atoms with Gasteiger partial charge in [0.05, 0.1) is 6.26 Å². The lowest BCUT2D eigenvalue weighted by atomic mass is 10.2. The number of hydrogen-bond donors (Lipinski definition) is 0. The fourth-order valence-corrected chi connectivity index (χ4v) is 1.36. The van der Waals surface area contributed by atoms with Gasteiger partial charge in [-0.15, -0.1) is 0 Å². The van der Waals surface area contributed by atoms with Crippen molar-refractivity contribution in [3.05, 3.63) is 23.7 Å². The molecule has 0 aliphatic heterocycles. The average Bonchev–Trinajstić information content (AvgIpc) is 2.47. The minimum absolute atomic E-state index is 0.104. The van der Waals surface area contributed by atoms with Gasteiger partial charge in [-0.1, -0.05) is 0 Å². The van der Waals surface area contributed by atoms with Crippen LogP contribution in [0.5, 0.6) is 0 Å². The number of thioether (sulfide) groups is 1. The van der Waals surface area contributed by atoms with Crippen molar-refractivity contribution in [1.29, 1.82) is 0 Å². The van der Waals surface area contributed by atoms with E-state index in [1.165, 1.54) is 0 Å². The molecular weight excluding hydrogens is 172 g/mol. The number of Topliss-reactive ketones (excluding diaryl/α,β-unsaturated/α-hetero) is 1. The molecule has 66 valence electrons. The first-order chi connectivity index (χ1) is 5.75. The summed E-state index contributed by atoms with van der Waals surface area (Å²) in [5.41, 5.74) is 0.932. The van der Waals surface area contributed by atoms with E-state index in [9.17, 15) is 4.79 Å². The quantitative estimate of drug-likeness (QED) is 0.673. The second-order valence-electron chi connectivity index (χ2n) is 2.60. The molecule has 1 rings (SSSR count). The Morgan fingerprint density at radius 2 is 2.42 bits per heavy atom. The Balaban J connectivity index is 2.59. The number of carbonyl (C=O) groups is 1. The van der Waals surface area contributed by atoms with Crippen molar-refractivity contribution >= 4 is 17.5 Å². The first-order valence-electron chi connectivity index (χ1n) is 3.82. The lowest BCUT2D eigenvalue weighted by molar-refractivity contribution is 0.0962. The van der Waals surface area contributed by atoms with Crippen molar-refractivity contribution < 1.29 is 9.21 Å². The average molecular weight is 184 g/mol. The largest absolute Gasteiger partial charge is 0.461 e. The van der Waals surface area contributed by atoms with Gasteiger partial charge in [0.15, 0.2) is 11.5 Å². The molecule has 1 heterocycles. The molecule has 0 spiro atoms. The molecule has 12 heavy (non-hydrogen) atoms. The van der Waals surface area contributed by atoms with Crippen LogP contribution >= 0.6 is 11.8 Å². The summed E-state index contributed by atoms with van der Waals surface area (Å²) in [6, 6.07) is 1.81. The van der Waals surface area contributed by atoms with Crippen molar-refractivity contribution in [2.45, 2.75) is 13.3 Å². The van der Waals surface area contributed by atoms with E-state index >= 15 is 0 Å². The summed E-state index contributed by atoms with van der Waals surface area (Å²) in [6.07, 6.45) is 4.11. The first-order valence-corrected chi connectivity index (χ1v) is 5.21. The summed E-state index contributed by atoms with van der Waals surface area (Å²) in [4.78, 5) is 11.4. The Morgan fingerprint density at radius 3 is 2.92 bits per heavy atom. The minimum Gasteiger partial charge on any atom is -0.461 e. The van der Waals surface area contributed by atoms with Crippen LogP contribution < -0.4 is 0 Å². The van der Waals surface area contributed by atoms with Crippen LogP contribution in [0.4, 0.5) is 0 Å². The number of ketones is 1. The van der Waals surface area contributed by atoms with Crippen molar-refractivity contribution in [1.82, 2.24) is 0 Å². The van der Waals surface area contributed by atoms with Gasteiger partial charge in [-0.25, -0.2) is 0 Å². The van der Waals surface area contributed by atoms with Crippen molar-refractivity contribution in [3.8, 4) is 0 Å². The van der Waals surface area contributed by atoms with Gasteiger partial charge in [0, 0.05) is 12.2 Å². The van der Waals surface area contributed by atoms with Crippen LogP contribution in [0.15, 0.2) is 16.7 Å². The molecular formula is C9H12O2S. The van der Waals surface area contributed by atoms with E-state index in [0.29, 0.717) is 12.2 Å². The maximum absolute atomic E-state index is 11.4. The topological polar surface area (TPSA) is 30.2 Å². The molecule has 0 saturated carbocycles. The first kappa shape index (κ1) is 9.39. The van der Waals surface area contributed by atoms with E-state index < -0.39 is 0 Å². The maximum atomic E-state index is 11.4. The summed E-state index contributed by atoms with van der Waals surface area (Å²) in [5.74, 6) is 1.48. The van der Waals surface area contributed by atoms with Crippen LogP contribution in [0.2, 0.25) is 0 Å². The molecule has 0 aliphatic carbocycles. The lowest BCUT2D eigenvalue weighted by Gasteiger charge is -1.95. The summed E-state index contributed by atoms with van der Waals surface area (Å²) < 4.78 is 5.06. The molecule has 0 radical (unpaired) electrons. The van der Waals surface area contributed by atoms with E-state index in [1.54, 1.807) is 18.0 Å². The lowest BCUT2D eigenvalue weighted by Crippen LogP contribution is -2.00. The molecule has 0 unspecified atom stereocenters. The molecule has 0 N–H and O–H groups in total. The monoisotopic (exact) mass is 184 g/mol. The Morgan fingerprint density at radius 1 is 1.67 bits per heavy atom. The number of aryl methyl sites for hydroxylation is 1. The third kappa shape index (κ3) is 2.14. The fraction of sp³-hybridized carbons (Fsp3) is 0.444. The minimum atomic E-state index is 0.104. The van der Waals surface area contributed by atoms with Gasteiger partial charge in [0.1, 0.15) is 0 Å². The molecule has 3 heteroatoms. The van der Waals surface area contributed by atoms with Crippen LogP contribution in [-0.2, 0) is 0 Å². The SMILES string of the molecule is CSCCC(=O)c1occc1C. The van der Waals surface area contributed by atoms with Crippen LogP contribution in [0.25, 0.3) is 0 Å². The zero-order valence-electron chi connectivity index (χ0n) is 7.29. The predicted molar refractivity (Wildman–Crippen MR) is 50.8 cm³/mol. The van der Waals surface area contributed by atoms with Gasteiger partial charge in [-0.2, -0.15) is 11.8 Å². The molecule has 2 nitrogen and oxygen atoms in total. The van der Waals surface area contributed by atoms with Crippen LogP contribution in [0, 0.1) is 6.92 Å². The Kier molecular flexibility index (Phi) is 3.41. The third-order valence-electron chi connectivity index (χ3n) is 1.65. The van der Waals surface area contributed by atoms with Crippen molar-refractivity contribution in [3.63, 3.8) is 0 Å². The Labute approximate surface area is 76.3 Å². The molecule has 0 aliphatic rings. The summed E-state index contributed by atoms with van der Waals surface area (Å²) in [7, 11) is 0. The number of furan rings is 1. The molecule has 0 atom stereocenters. The van der Waals surface area contributed by atoms with Crippen LogP contribution in [0.3, 0.4) is 0 Å². The van der Waals surface area contributed by atoms with E-state index in [0.717, 1.165) is 11.3 Å². The number of carbonyl (C=O) groups excluding carboxylic acids is 1. The molecule has 0 aromatic carbocycles. The highest BCUT2D eigenvalue weighted by Crippen LogP contribution is 2.12. The van der Waals surface area contributed by atoms with E-state index in [-0.39, 0.29) is 5.78 Å². The third-order valence-corrected chi connectivity index (χ3v) is 2.26. The summed E-state index contributed by atoms with van der Waals surface area (Å²) in [6.45, 7) is 1.88. The van der Waals surface area contributed by atoms with Gasteiger partial charge in [-0.05, 0) is 24.8 Å². The van der Waals surface area contributed by atoms with E-state index in [4.69, 9.17) is 4.42 Å². The van der Waals surface area contributed by atoms with Gasteiger partial charge < -0.3 is 4.42 Å². The highest BCUT2D eigenvalue weighted by atomic mass is 32.2. The second kappa shape index (κ2) is 4.36. The van der Waals surface area contributed by atoms with Crippen molar-refractivity contribution in [2.24, 2.45) is 0 Å². The zero-order valence-corrected chi connectivity index (χ0v) is 8.11. The van der Waals surface area contributed by atoms with Crippen LogP contribution in [-0.4, -0.2) is 17.8 Å². The number of rotatable bonds is 4. The normalized spacial score (nSPS) is 10.2. The fourth-order valence-electron chi connectivity index (χ4n) is 0.967. The van der Waals surface area contributed by atoms with Gasteiger partial charge in [-0.3, -0.25) is 4.79 Å². The molecule has 0 amide bonds. The molecule has 0 fully saturated rings. The summed E-state index contributed by atoms with van der Waals surface area (Å²) >= 11 is 1.67. The second-order valence-corrected chi connectivity index (χ2v) is 3.58. The molecule has 1 aromatic heterocycles. The predicted octanol–water partition coefficient (Wildman–Crippen LogP) is 2.52. The van der Waals surface area contributed by atoms with E-state index in [2.05, 4.69) is 0 Å². The standard InChI is InChI=1S/C9H12O2S/c1-7-3-5-11-9(7)8(10)4-6-12-2/h3,5H,4,6H2,1-2H3. The number of hydrogen-bond acceptors (Lipinski definition) is 3. The maximum Gasteiger partial charge on any atom is 0.199 e. The smallest absolute Gasteiger partial charge is 0.199 e. The Hall–Kier alpha value is -0.700.